The van der Waals surface area contributed by atoms with Crippen molar-refractivity contribution in [3.8, 4) is 0 Å². The van der Waals surface area contributed by atoms with Gasteiger partial charge >= 0.3 is 0 Å². The molecular weight excluding hydrogens is 148 g/mol. The van der Waals surface area contributed by atoms with Crippen LogP contribution in [0.2, 0.25) is 13.1 Å². The Morgan fingerprint density at radius 2 is 2.00 bits per heavy atom. The molecule has 2 heteroatoms. The van der Waals surface area contributed by atoms with Crippen LogP contribution in [-0.2, 0) is 0 Å². The second-order valence-corrected chi connectivity index (χ2v) is 7.18. The van der Waals surface area contributed by atoms with E-state index in [4.69, 9.17) is 11.6 Å². The summed E-state index contributed by atoms with van der Waals surface area (Å²) in [6, 6.07) is 0. The number of unbranched alkanes of at least 4 members (excludes halogenated alkanes) is 1. The normalized spacial score (nSPS) is 14.3. The third-order valence-corrected chi connectivity index (χ3v) is 5.07. The van der Waals surface area contributed by atoms with Crippen LogP contribution in [0, 0.1) is 0 Å². The Morgan fingerprint density at radius 3 is 2.33 bits per heavy atom. The summed E-state index contributed by atoms with van der Waals surface area (Å²) >= 11 is 6.06. The molecule has 1 atom stereocenters. The molecule has 0 aromatic rings. The Balaban J connectivity index is 3.16. The lowest BCUT2D eigenvalue weighted by Gasteiger charge is -2.09. The Bertz CT molecular complexity index is 63.9. The molecule has 0 fully saturated rings. The Labute approximate surface area is 65.2 Å². The van der Waals surface area contributed by atoms with Gasteiger partial charge in [0.25, 0.3) is 0 Å². The molecule has 0 radical (unpaired) electrons. The number of hydrogen-bond acceptors (Lipinski definition) is 0. The molecule has 0 heterocycles. The highest BCUT2D eigenvalue weighted by Gasteiger charge is 2.08. The van der Waals surface area contributed by atoms with Crippen LogP contribution in [0.3, 0.4) is 0 Å². The van der Waals surface area contributed by atoms with E-state index in [1.54, 1.807) is 0 Å². The average molecular weight is 165 g/mol. The van der Waals surface area contributed by atoms with Gasteiger partial charge < -0.3 is 0 Å². The lowest BCUT2D eigenvalue weighted by Crippen LogP contribution is -2.17. The molecule has 9 heavy (non-hydrogen) atoms. The topological polar surface area (TPSA) is 0 Å². The van der Waals surface area contributed by atoms with E-state index >= 15 is 0 Å². The van der Waals surface area contributed by atoms with E-state index in [2.05, 4.69) is 20.0 Å². The van der Waals surface area contributed by atoms with E-state index in [9.17, 15) is 0 Å². The molecule has 0 saturated carbocycles. The van der Waals surface area contributed by atoms with E-state index in [0.29, 0.717) is 5.00 Å². The fourth-order valence-electron chi connectivity index (χ4n) is 0.732. The van der Waals surface area contributed by atoms with Gasteiger partial charge in [-0.25, -0.2) is 0 Å². The Hall–Kier alpha value is 0.507. The van der Waals surface area contributed by atoms with Crippen LogP contribution >= 0.6 is 11.6 Å². The minimum absolute atomic E-state index is 0.531. The molecule has 56 valence electrons. The van der Waals surface area contributed by atoms with Gasteiger partial charge in [-0.2, -0.15) is 0 Å². The second kappa shape index (κ2) is 5.30. The Morgan fingerprint density at radius 1 is 1.44 bits per heavy atom. The molecule has 0 aromatic carbocycles. The molecule has 0 aromatic heterocycles. The van der Waals surface area contributed by atoms with Crippen LogP contribution in [0.25, 0.3) is 0 Å². The summed E-state index contributed by atoms with van der Waals surface area (Å²) in [6.45, 7) is 6.84. The highest BCUT2D eigenvalue weighted by Crippen LogP contribution is 2.10. The first kappa shape index (κ1) is 9.51. The summed E-state index contributed by atoms with van der Waals surface area (Å²) < 4.78 is 0. The smallest absolute Gasteiger partial charge is 0.0518 e. The molecule has 0 nitrogen and oxygen atoms in total. The van der Waals surface area contributed by atoms with Gasteiger partial charge in [-0.15, -0.1) is 11.6 Å². The van der Waals surface area contributed by atoms with Crippen LogP contribution < -0.4 is 0 Å². The zero-order chi connectivity index (χ0) is 7.28. The number of alkyl halides is 1. The summed E-state index contributed by atoms with van der Waals surface area (Å²) in [7, 11) is -0.531. The largest absolute Gasteiger partial charge is 0.127 e. The first-order valence-corrected chi connectivity index (χ1v) is 7.23. The van der Waals surface area contributed by atoms with Gasteiger partial charge in [-0.3, -0.25) is 0 Å². The van der Waals surface area contributed by atoms with Crippen molar-refractivity contribution in [2.24, 2.45) is 0 Å². The summed E-state index contributed by atoms with van der Waals surface area (Å²) in [5.74, 6) is 0. The van der Waals surface area contributed by atoms with Crippen LogP contribution in [0.1, 0.15) is 26.2 Å². The van der Waals surface area contributed by atoms with E-state index < -0.39 is 8.80 Å². The van der Waals surface area contributed by atoms with E-state index in [1.807, 2.05) is 0 Å². The van der Waals surface area contributed by atoms with Gasteiger partial charge in [0, 0.05) is 5.00 Å². The fraction of sp³-hybridized carbons (Fsp3) is 1.00. The number of hydrogen-bond donors (Lipinski definition) is 0. The first-order chi connectivity index (χ1) is 4.18. The van der Waals surface area contributed by atoms with Crippen molar-refractivity contribution >= 4 is 20.4 Å². The van der Waals surface area contributed by atoms with Crippen molar-refractivity contribution in [3.63, 3.8) is 0 Å². The van der Waals surface area contributed by atoms with Crippen molar-refractivity contribution in [1.82, 2.24) is 0 Å². The van der Waals surface area contributed by atoms with Gasteiger partial charge in [0.05, 0.1) is 8.80 Å². The fourth-order valence-corrected chi connectivity index (χ4v) is 1.79. The van der Waals surface area contributed by atoms with Crippen molar-refractivity contribution in [3.05, 3.63) is 0 Å². The SMILES string of the molecule is CCCCC(Cl)[SiH](C)C. The highest BCUT2D eigenvalue weighted by atomic mass is 35.5. The van der Waals surface area contributed by atoms with Crippen molar-refractivity contribution < 1.29 is 0 Å². The molecule has 0 N–H and O–H groups in total. The summed E-state index contributed by atoms with van der Waals surface area (Å²) in [5.41, 5.74) is 0. The molecule has 0 aliphatic heterocycles. The van der Waals surface area contributed by atoms with Gasteiger partial charge in [0.15, 0.2) is 0 Å². The van der Waals surface area contributed by atoms with Gasteiger partial charge in [0.2, 0.25) is 0 Å². The molecule has 0 spiro atoms. The maximum absolute atomic E-state index is 6.06. The first-order valence-electron chi connectivity index (χ1n) is 3.82. The minimum Gasteiger partial charge on any atom is -0.127 e. The lowest BCUT2D eigenvalue weighted by atomic mass is 10.3. The lowest BCUT2D eigenvalue weighted by molar-refractivity contribution is 0.751. The minimum atomic E-state index is -0.531. The van der Waals surface area contributed by atoms with Crippen LogP contribution in [0.4, 0.5) is 0 Å². The summed E-state index contributed by atoms with van der Waals surface area (Å²) in [4.78, 5) is 0. The standard InChI is InChI=1S/C7H17ClSi/c1-4-5-6-7(8)9(2)3/h7,9H,4-6H2,1-3H3. The zero-order valence-corrected chi connectivity index (χ0v) is 8.56. The average Bonchev–Trinajstić information content (AvgIpc) is 1.82. The van der Waals surface area contributed by atoms with E-state index in [1.165, 1.54) is 19.3 Å². The predicted octanol–water partition coefficient (Wildman–Crippen LogP) is 2.81. The number of rotatable bonds is 4. The van der Waals surface area contributed by atoms with Gasteiger partial charge in [-0.1, -0.05) is 32.9 Å². The molecular formula is C7H17ClSi. The third-order valence-electron chi connectivity index (χ3n) is 1.56. The van der Waals surface area contributed by atoms with E-state index in [-0.39, 0.29) is 0 Å². The molecule has 0 bridgehead atoms. The molecule has 0 saturated heterocycles. The zero-order valence-electron chi connectivity index (χ0n) is 6.65. The summed E-state index contributed by atoms with van der Waals surface area (Å²) in [6.07, 6.45) is 3.83. The van der Waals surface area contributed by atoms with Crippen LogP contribution in [0.15, 0.2) is 0 Å². The molecule has 0 aliphatic carbocycles. The predicted molar refractivity (Wildman–Crippen MR) is 48.0 cm³/mol. The van der Waals surface area contributed by atoms with Crippen LogP contribution in [0.5, 0.6) is 0 Å². The maximum Gasteiger partial charge on any atom is 0.0518 e. The van der Waals surface area contributed by atoms with Gasteiger partial charge in [-0.05, 0) is 6.42 Å². The second-order valence-electron chi connectivity index (χ2n) is 2.90. The van der Waals surface area contributed by atoms with Gasteiger partial charge in [0.1, 0.15) is 0 Å². The third kappa shape index (κ3) is 4.98. The van der Waals surface area contributed by atoms with E-state index in [0.717, 1.165) is 0 Å². The monoisotopic (exact) mass is 164 g/mol. The molecule has 0 aliphatic rings. The van der Waals surface area contributed by atoms with Crippen molar-refractivity contribution in [2.45, 2.75) is 44.3 Å². The molecule has 0 amide bonds. The highest BCUT2D eigenvalue weighted by molar-refractivity contribution is 6.67. The maximum atomic E-state index is 6.06. The van der Waals surface area contributed by atoms with Crippen molar-refractivity contribution in [2.75, 3.05) is 0 Å². The van der Waals surface area contributed by atoms with Crippen molar-refractivity contribution in [1.29, 1.82) is 0 Å². The number of halogens is 1. The summed E-state index contributed by atoms with van der Waals surface area (Å²) in [5, 5.41) is 0.532. The quantitative estimate of drug-likeness (QED) is 0.443. The Kier molecular flexibility index (Phi) is 5.60. The van der Waals surface area contributed by atoms with Crippen LogP contribution in [-0.4, -0.2) is 13.8 Å². The molecule has 1 unspecified atom stereocenters. The molecule has 0 rings (SSSR count).